The van der Waals surface area contributed by atoms with Crippen LogP contribution in [0.15, 0.2) is 24.3 Å². The minimum absolute atomic E-state index is 0.0128. The predicted molar refractivity (Wildman–Crippen MR) is 111 cm³/mol. The molecule has 0 unspecified atom stereocenters. The van der Waals surface area contributed by atoms with Crippen LogP contribution in [0.25, 0.3) is 0 Å². The van der Waals surface area contributed by atoms with Gasteiger partial charge in [-0.05, 0) is 81.3 Å². The van der Waals surface area contributed by atoms with Crippen molar-refractivity contribution in [3.63, 3.8) is 0 Å². The normalized spacial score (nSPS) is 30.1. The summed E-state index contributed by atoms with van der Waals surface area (Å²) in [5, 5.41) is 9.50. The Bertz CT molecular complexity index is 698. The molecule has 28 heavy (non-hydrogen) atoms. The second-order valence-corrected chi connectivity index (χ2v) is 9.16. The summed E-state index contributed by atoms with van der Waals surface area (Å²) < 4.78 is 0. The molecular weight excluding hydrogens is 352 g/mol. The van der Waals surface area contributed by atoms with Crippen molar-refractivity contribution in [3.05, 3.63) is 24.3 Å². The summed E-state index contributed by atoms with van der Waals surface area (Å²) in [5.41, 5.74) is 7.18. The van der Waals surface area contributed by atoms with E-state index in [0.29, 0.717) is 13.0 Å². The molecule has 1 aromatic rings. The summed E-state index contributed by atoms with van der Waals surface area (Å²) in [6.07, 6.45) is 9.97. The van der Waals surface area contributed by atoms with Crippen LogP contribution in [0.1, 0.15) is 57.8 Å². The topological polar surface area (TPSA) is 96.2 Å². The Morgan fingerprint density at radius 2 is 1.57 bits per heavy atom. The number of hydrogen-bond acceptors (Lipinski definition) is 3. The molecular formula is C22H32N4O2. The second-order valence-electron chi connectivity index (χ2n) is 9.16. The molecule has 152 valence electrons. The number of carbonyl (C=O) groups excluding carboxylic acids is 2. The summed E-state index contributed by atoms with van der Waals surface area (Å²) in [6.45, 7) is 0.507. The van der Waals surface area contributed by atoms with Gasteiger partial charge in [-0.15, -0.1) is 0 Å². The van der Waals surface area contributed by atoms with Crippen molar-refractivity contribution < 1.29 is 9.59 Å². The Morgan fingerprint density at radius 3 is 2.18 bits per heavy atom. The first-order valence-electron chi connectivity index (χ1n) is 10.7. The average molecular weight is 385 g/mol. The van der Waals surface area contributed by atoms with Crippen molar-refractivity contribution in [3.8, 4) is 0 Å². The highest BCUT2D eigenvalue weighted by Crippen LogP contribution is 2.56. The van der Waals surface area contributed by atoms with Crippen LogP contribution in [-0.2, 0) is 4.79 Å². The van der Waals surface area contributed by atoms with Gasteiger partial charge in [-0.25, -0.2) is 4.79 Å². The molecule has 0 atom stereocenters. The van der Waals surface area contributed by atoms with Gasteiger partial charge < -0.3 is 21.7 Å². The van der Waals surface area contributed by atoms with Gasteiger partial charge in [-0.2, -0.15) is 0 Å². The summed E-state index contributed by atoms with van der Waals surface area (Å²) in [4.78, 5) is 23.0. The lowest BCUT2D eigenvalue weighted by Crippen LogP contribution is -2.54. The summed E-state index contributed by atoms with van der Waals surface area (Å²) >= 11 is 0. The van der Waals surface area contributed by atoms with Crippen LogP contribution in [0.2, 0.25) is 0 Å². The van der Waals surface area contributed by atoms with Crippen molar-refractivity contribution in [2.75, 3.05) is 17.2 Å². The van der Waals surface area contributed by atoms with E-state index in [1.54, 1.807) is 0 Å². The lowest BCUT2D eigenvalue weighted by molar-refractivity contribution is -0.116. The predicted octanol–water partition coefficient (Wildman–Crippen LogP) is 3.84. The van der Waals surface area contributed by atoms with Gasteiger partial charge >= 0.3 is 6.03 Å². The molecule has 0 aliphatic heterocycles. The number of unbranched alkanes of at least 4 members (excludes halogenated alkanes) is 1. The van der Waals surface area contributed by atoms with Crippen molar-refractivity contribution in [2.24, 2.45) is 23.5 Å². The number of benzene rings is 1. The van der Waals surface area contributed by atoms with E-state index in [9.17, 15) is 9.59 Å². The molecule has 4 aliphatic rings. The number of rotatable bonds is 8. The number of hydrogen-bond donors (Lipinski definition) is 4. The number of primary amides is 1. The number of anilines is 2. The molecule has 3 amide bonds. The molecule has 0 radical (unpaired) electrons. The Hall–Kier alpha value is -2.24. The monoisotopic (exact) mass is 384 g/mol. The van der Waals surface area contributed by atoms with Crippen LogP contribution in [-0.4, -0.2) is 24.0 Å². The maximum Gasteiger partial charge on any atom is 0.312 e. The standard InChI is InChI=1S/C22H32N4O2/c23-21(28)24-8-4-3-7-20(27)25-18-5-1-2-6-19(18)26-22-12-15-9-16(13-22)11-17(10-15)14-22/h1-2,5-6,15-17,26H,3-4,7-14H2,(H,25,27)(H3,23,24,28). The van der Waals surface area contributed by atoms with Gasteiger partial charge in [-0.1, -0.05) is 12.1 Å². The molecule has 0 heterocycles. The molecule has 0 spiro atoms. The minimum atomic E-state index is -0.519. The zero-order valence-corrected chi connectivity index (χ0v) is 16.5. The third-order valence-corrected chi connectivity index (χ3v) is 6.77. The largest absolute Gasteiger partial charge is 0.378 e. The number of amides is 3. The first kappa shape index (κ1) is 19.1. The number of carbonyl (C=O) groups is 2. The van der Waals surface area contributed by atoms with E-state index in [1.165, 1.54) is 38.5 Å². The maximum atomic E-state index is 12.4. The fraction of sp³-hybridized carbons (Fsp3) is 0.636. The van der Waals surface area contributed by atoms with E-state index in [2.05, 4.69) is 22.0 Å². The van der Waals surface area contributed by atoms with Gasteiger partial charge in [0.25, 0.3) is 0 Å². The van der Waals surface area contributed by atoms with E-state index in [4.69, 9.17) is 5.73 Å². The van der Waals surface area contributed by atoms with E-state index in [1.807, 2.05) is 18.2 Å². The van der Waals surface area contributed by atoms with E-state index < -0.39 is 6.03 Å². The van der Waals surface area contributed by atoms with Crippen molar-refractivity contribution in [1.29, 1.82) is 0 Å². The molecule has 0 saturated heterocycles. The maximum absolute atomic E-state index is 12.4. The molecule has 5 N–H and O–H groups in total. The number of nitrogens with one attached hydrogen (secondary N) is 3. The van der Waals surface area contributed by atoms with Crippen molar-refractivity contribution >= 4 is 23.3 Å². The second kappa shape index (κ2) is 8.02. The zero-order valence-electron chi connectivity index (χ0n) is 16.5. The highest BCUT2D eigenvalue weighted by atomic mass is 16.2. The van der Waals surface area contributed by atoms with Gasteiger partial charge in [0.2, 0.25) is 5.91 Å². The van der Waals surface area contributed by atoms with Crippen LogP contribution >= 0.6 is 0 Å². The quantitative estimate of drug-likeness (QED) is 0.513. The first-order chi connectivity index (χ1) is 13.5. The molecule has 6 heteroatoms. The molecule has 4 saturated carbocycles. The first-order valence-corrected chi connectivity index (χ1v) is 10.7. The van der Waals surface area contributed by atoms with Crippen LogP contribution in [0, 0.1) is 17.8 Å². The van der Waals surface area contributed by atoms with E-state index in [-0.39, 0.29) is 11.4 Å². The summed E-state index contributed by atoms with van der Waals surface area (Å²) in [6, 6.07) is 7.56. The summed E-state index contributed by atoms with van der Waals surface area (Å²) in [7, 11) is 0. The Labute approximate surface area is 167 Å². The van der Waals surface area contributed by atoms with Crippen molar-refractivity contribution in [2.45, 2.75) is 63.3 Å². The van der Waals surface area contributed by atoms with Gasteiger partial charge in [-0.3, -0.25) is 4.79 Å². The molecule has 0 aromatic heterocycles. The molecule has 4 fully saturated rings. The smallest absolute Gasteiger partial charge is 0.312 e. The number of urea groups is 1. The third-order valence-electron chi connectivity index (χ3n) is 6.77. The zero-order chi connectivity index (χ0) is 19.6. The van der Waals surface area contributed by atoms with Gasteiger partial charge in [0, 0.05) is 18.5 Å². The number of nitrogens with two attached hydrogens (primary N) is 1. The van der Waals surface area contributed by atoms with Gasteiger partial charge in [0.1, 0.15) is 0 Å². The van der Waals surface area contributed by atoms with E-state index in [0.717, 1.165) is 42.0 Å². The van der Waals surface area contributed by atoms with Crippen LogP contribution in [0.3, 0.4) is 0 Å². The SMILES string of the molecule is NC(=O)NCCCCC(=O)Nc1ccccc1NC12CC3CC(CC(C3)C1)C2. The fourth-order valence-corrected chi connectivity index (χ4v) is 6.09. The van der Waals surface area contributed by atoms with Crippen LogP contribution in [0.5, 0.6) is 0 Å². The lowest BCUT2D eigenvalue weighted by Gasteiger charge is -2.57. The fourth-order valence-electron chi connectivity index (χ4n) is 6.09. The molecule has 4 aliphatic carbocycles. The molecule has 6 nitrogen and oxygen atoms in total. The Morgan fingerprint density at radius 1 is 0.964 bits per heavy atom. The van der Waals surface area contributed by atoms with Crippen LogP contribution < -0.4 is 21.7 Å². The van der Waals surface area contributed by atoms with Gasteiger partial charge in [0.05, 0.1) is 11.4 Å². The van der Waals surface area contributed by atoms with Gasteiger partial charge in [0.15, 0.2) is 0 Å². The number of para-hydroxylation sites is 2. The molecule has 4 bridgehead atoms. The minimum Gasteiger partial charge on any atom is -0.378 e. The third kappa shape index (κ3) is 4.42. The highest BCUT2D eigenvalue weighted by molar-refractivity contribution is 5.94. The summed E-state index contributed by atoms with van der Waals surface area (Å²) in [5.74, 6) is 2.66. The molecule has 1 aromatic carbocycles. The average Bonchev–Trinajstić information content (AvgIpc) is 2.61. The van der Waals surface area contributed by atoms with E-state index >= 15 is 0 Å². The highest BCUT2D eigenvalue weighted by Gasteiger charge is 2.51. The van der Waals surface area contributed by atoms with Crippen LogP contribution in [0.4, 0.5) is 16.2 Å². The lowest BCUT2D eigenvalue weighted by atomic mass is 9.53. The Kier molecular flexibility index (Phi) is 5.47. The van der Waals surface area contributed by atoms with Crippen molar-refractivity contribution in [1.82, 2.24) is 5.32 Å². The molecule has 5 rings (SSSR count). The Balaban J connectivity index is 1.34.